The van der Waals surface area contributed by atoms with E-state index >= 15 is 0 Å². The lowest BCUT2D eigenvalue weighted by molar-refractivity contribution is -0.137. The van der Waals surface area contributed by atoms with Crippen LogP contribution in [0, 0.1) is 6.92 Å². The van der Waals surface area contributed by atoms with Gasteiger partial charge in [0.2, 0.25) is 0 Å². The normalized spacial score (nSPS) is 11.0. The van der Waals surface area contributed by atoms with Gasteiger partial charge in [0.1, 0.15) is 17.2 Å². The van der Waals surface area contributed by atoms with E-state index < -0.39 is 11.9 Å². The average Bonchev–Trinajstić information content (AvgIpc) is 2.99. The molecule has 0 radical (unpaired) electrons. The molecule has 0 atom stereocenters. The van der Waals surface area contributed by atoms with Crippen LogP contribution in [0.2, 0.25) is 0 Å². The molecule has 0 aliphatic carbocycles. The maximum atomic E-state index is 12.5. The number of benzene rings is 3. The third kappa shape index (κ3) is 11.1. The molecule has 0 saturated heterocycles. The maximum absolute atomic E-state index is 12.5. The van der Waals surface area contributed by atoms with Gasteiger partial charge in [0, 0.05) is 6.08 Å². The van der Waals surface area contributed by atoms with Gasteiger partial charge in [0.05, 0.1) is 37.8 Å². The van der Waals surface area contributed by atoms with Crippen LogP contribution in [0.5, 0.6) is 17.2 Å². The van der Waals surface area contributed by atoms with Gasteiger partial charge in [-0.2, -0.15) is 10.2 Å². The monoisotopic (exact) mass is 556 g/mol. The zero-order valence-corrected chi connectivity index (χ0v) is 23.6. The van der Waals surface area contributed by atoms with Crippen molar-refractivity contribution < 1.29 is 28.5 Å². The summed E-state index contributed by atoms with van der Waals surface area (Å²) in [6, 6.07) is 19.7. The standard InChI is InChI=1S/C33H36N2O6/c1-4-32(36)40-21-9-7-6-8-20-39-29-18-14-28(15-19-29)33(37)41-30-16-12-26(13-17-30)23-34-35-24-27-11-10-25(3)31(22-27)38-5-2/h4,10-19,22-24H,1,5-9,20-21H2,2-3H3/b34-23+,35-24+. The Morgan fingerprint density at radius 1 is 0.780 bits per heavy atom. The first-order valence-corrected chi connectivity index (χ1v) is 13.6. The number of hydrogen-bond donors (Lipinski definition) is 0. The van der Waals surface area contributed by atoms with Crippen LogP contribution < -0.4 is 14.2 Å². The molecular weight excluding hydrogens is 520 g/mol. The third-order valence-corrected chi connectivity index (χ3v) is 5.89. The van der Waals surface area contributed by atoms with Gasteiger partial charge in [-0.1, -0.05) is 18.7 Å². The number of carbonyl (C=O) groups excluding carboxylic acids is 2. The van der Waals surface area contributed by atoms with E-state index in [4.69, 9.17) is 18.9 Å². The van der Waals surface area contributed by atoms with E-state index in [0.717, 1.165) is 54.2 Å². The lowest BCUT2D eigenvalue weighted by Crippen LogP contribution is -2.08. The van der Waals surface area contributed by atoms with Gasteiger partial charge in [-0.25, -0.2) is 9.59 Å². The molecular formula is C33H36N2O6. The Morgan fingerprint density at radius 2 is 1.41 bits per heavy atom. The predicted molar refractivity (Wildman–Crippen MR) is 160 cm³/mol. The van der Waals surface area contributed by atoms with Crippen molar-refractivity contribution >= 4 is 24.4 Å². The summed E-state index contributed by atoms with van der Waals surface area (Å²) < 4.78 is 21.8. The van der Waals surface area contributed by atoms with Crippen molar-refractivity contribution in [2.75, 3.05) is 19.8 Å². The van der Waals surface area contributed by atoms with Crippen LogP contribution in [0.25, 0.3) is 0 Å². The van der Waals surface area contributed by atoms with E-state index in [1.54, 1.807) is 61.0 Å². The van der Waals surface area contributed by atoms with Crippen molar-refractivity contribution in [1.82, 2.24) is 0 Å². The van der Waals surface area contributed by atoms with Gasteiger partial charge in [0.15, 0.2) is 0 Å². The molecule has 0 bridgehead atoms. The van der Waals surface area contributed by atoms with Crippen LogP contribution in [-0.2, 0) is 9.53 Å². The summed E-state index contributed by atoms with van der Waals surface area (Å²) in [5.41, 5.74) is 3.21. The Morgan fingerprint density at radius 3 is 2.10 bits per heavy atom. The van der Waals surface area contributed by atoms with Crippen molar-refractivity contribution in [3.8, 4) is 17.2 Å². The molecule has 3 rings (SSSR count). The smallest absolute Gasteiger partial charge is 0.343 e. The fraction of sp³-hybridized carbons (Fsp3) is 0.273. The van der Waals surface area contributed by atoms with Crippen molar-refractivity contribution in [3.63, 3.8) is 0 Å². The van der Waals surface area contributed by atoms with Gasteiger partial charge in [-0.05, 0) is 111 Å². The van der Waals surface area contributed by atoms with Crippen molar-refractivity contribution in [2.24, 2.45) is 10.2 Å². The first-order chi connectivity index (χ1) is 20.0. The number of esters is 2. The van der Waals surface area contributed by atoms with Gasteiger partial charge in [-0.3, -0.25) is 0 Å². The molecule has 0 N–H and O–H groups in total. The molecule has 0 amide bonds. The minimum absolute atomic E-state index is 0.391. The summed E-state index contributed by atoms with van der Waals surface area (Å²) in [4.78, 5) is 23.5. The second-order valence-electron chi connectivity index (χ2n) is 9.06. The van der Waals surface area contributed by atoms with E-state index in [9.17, 15) is 9.59 Å². The molecule has 8 nitrogen and oxygen atoms in total. The number of ether oxygens (including phenoxy) is 4. The van der Waals surface area contributed by atoms with Gasteiger partial charge < -0.3 is 18.9 Å². The SMILES string of the molecule is C=CC(=O)OCCCCCCOc1ccc(C(=O)Oc2ccc(/C=N/N=C/c3ccc(C)c(OCC)c3)cc2)cc1. The van der Waals surface area contributed by atoms with Crippen LogP contribution in [0.1, 0.15) is 59.7 Å². The van der Waals surface area contributed by atoms with Crippen LogP contribution in [0.4, 0.5) is 0 Å². The van der Waals surface area contributed by atoms with Crippen LogP contribution in [0.15, 0.2) is 89.6 Å². The maximum Gasteiger partial charge on any atom is 0.343 e. The van der Waals surface area contributed by atoms with Crippen molar-refractivity contribution in [1.29, 1.82) is 0 Å². The summed E-state index contributed by atoms with van der Waals surface area (Å²) in [5.74, 6) is 1.10. The highest BCUT2D eigenvalue weighted by atomic mass is 16.5. The van der Waals surface area contributed by atoms with Gasteiger partial charge >= 0.3 is 11.9 Å². The summed E-state index contributed by atoms with van der Waals surface area (Å²) in [5, 5.41) is 8.21. The Balaban J connectivity index is 1.38. The zero-order chi connectivity index (χ0) is 29.3. The zero-order valence-electron chi connectivity index (χ0n) is 23.6. The lowest BCUT2D eigenvalue weighted by Gasteiger charge is -2.08. The number of rotatable bonds is 16. The number of unbranched alkanes of at least 4 members (excludes halogenated alkanes) is 3. The molecule has 0 spiro atoms. The van der Waals surface area contributed by atoms with Gasteiger partial charge in [-0.15, -0.1) is 0 Å². The molecule has 0 fully saturated rings. The lowest BCUT2D eigenvalue weighted by atomic mass is 10.1. The summed E-state index contributed by atoms with van der Waals surface area (Å²) in [6.45, 7) is 8.89. The van der Waals surface area contributed by atoms with Crippen molar-refractivity contribution in [3.05, 3.63) is 102 Å². The van der Waals surface area contributed by atoms with E-state index in [-0.39, 0.29) is 0 Å². The number of aryl methyl sites for hydroxylation is 1. The molecule has 0 aromatic heterocycles. The van der Waals surface area contributed by atoms with Crippen LogP contribution in [0.3, 0.4) is 0 Å². The second kappa shape index (κ2) is 17.1. The van der Waals surface area contributed by atoms with E-state index in [1.807, 2.05) is 32.0 Å². The first kappa shape index (κ1) is 30.8. The topological polar surface area (TPSA) is 95.8 Å². The van der Waals surface area contributed by atoms with Crippen LogP contribution >= 0.6 is 0 Å². The van der Waals surface area contributed by atoms with E-state index in [1.165, 1.54) is 0 Å². The van der Waals surface area contributed by atoms with Crippen molar-refractivity contribution in [2.45, 2.75) is 39.5 Å². The third-order valence-electron chi connectivity index (χ3n) is 5.89. The molecule has 8 heteroatoms. The minimum Gasteiger partial charge on any atom is -0.494 e. The number of nitrogens with zero attached hydrogens (tertiary/aromatic N) is 2. The molecule has 0 heterocycles. The van der Waals surface area contributed by atoms with Gasteiger partial charge in [0.25, 0.3) is 0 Å². The van der Waals surface area contributed by atoms with E-state index in [0.29, 0.717) is 36.9 Å². The summed E-state index contributed by atoms with van der Waals surface area (Å²) in [6.07, 6.45) is 8.07. The molecule has 41 heavy (non-hydrogen) atoms. The first-order valence-electron chi connectivity index (χ1n) is 13.6. The van der Waals surface area contributed by atoms with Crippen LogP contribution in [-0.4, -0.2) is 44.2 Å². The fourth-order valence-corrected chi connectivity index (χ4v) is 3.66. The number of carbonyl (C=O) groups is 2. The molecule has 0 saturated carbocycles. The fourth-order valence-electron chi connectivity index (χ4n) is 3.66. The second-order valence-corrected chi connectivity index (χ2v) is 9.06. The molecule has 214 valence electrons. The Hall–Kier alpha value is -4.72. The molecule has 0 unspecified atom stereocenters. The Labute approximate surface area is 241 Å². The highest BCUT2D eigenvalue weighted by Gasteiger charge is 2.09. The summed E-state index contributed by atoms with van der Waals surface area (Å²) in [7, 11) is 0. The molecule has 0 aliphatic rings. The molecule has 3 aromatic carbocycles. The Kier molecular flexibility index (Phi) is 12.8. The summed E-state index contributed by atoms with van der Waals surface area (Å²) >= 11 is 0. The highest BCUT2D eigenvalue weighted by molar-refractivity contribution is 5.91. The molecule has 0 aliphatic heterocycles. The van der Waals surface area contributed by atoms with E-state index in [2.05, 4.69) is 16.8 Å². The predicted octanol–water partition coefficient (Wildman–Crippen LogP) is 6.73. The molecule has 3 aromatic rings. The quantitative estimate of drug-likeness (QED) is 0.0485. The minimum atomic E-state index is -0.454. The highest BCUT2D eigenvalue weighted by Crippen LogP contribution is 2.19. The average molecular weight is 557 g/mol. The largest absolute Gasteiger partial charge is 0.494 e. The number of hydrogen-bond acceptors (Lipinski definition) is 8. The Bertz CT molecular complexity index is 1330.